The van der Waals surface area contributed by atoms with Gasteiger partial charge in [0.25, 0.3) is 0 Å². The van der Waals surface area contributed by atoms with Gasteiger partial charge < -0.3 is 9.84 Å². The first kappa shape index (κ1) is 23.8. The van der Waals surface area contributed by atoms with Gasteiger partial charge in [0.15, 0.2) is 0 Å². The van der Waals surface area contributed by atoms with E-state index in [1.165, 1.54) is 0 Å². The van der Waals surface area contributed by atoms with E-state index in [1.807, 2.05) is 0 Å². The Hall–Kier alpha value is -2.95. The fourth-order valence-corrected chi connectivity index (χ4v) is 5.87. The molecule has 182 valence electrons. The van der Waals surface area contributed by atoms with E-state index < -0.39 is 11.1 Å². The SMILES string of the molecule is CCC(O)(CC)C1C(C2=NC(C)(C)CO2)N1C(c1ccccc1)(c1ccccc1)c1ccccc1. The van der Waals surface area contributed by atoms with Gasteiger partial charge in [-0.25, -0.2) is 4.99 Å². The van der Waals surface area contributed by atoms with Gasteiger partial charge in [0.05, 0.1) is 22.7 Å². The van der Waals surface area contributed by atoms with Crippen LogP contribution in [0.1, 0.15) is 57.2 Å². The summed E-state index contributed by atoms with van der Waals surface area (Å²) in [6, 6.07) is 31.7. The monoisotopic (exact) mass is 468 g/mol. The van der Waals surface area contributed by atoms with Gasteiger partial charge in [0, 0.05) is 0 Å². The molecule has 5 rings (SSSR count). The Morgan fingerprint density at radius 3 is 1.60 bits per heavy atom. The molecule has 35 heavy (non-hydrogen) atoms. The average Bonchev–Trinajstić information content (AvgIpc) is 3.54. The highest BCUT2D eigenvalue weighted by molar-refractivity contribution is 5.88. The third kappa shape index (κ3) is 3.89. The first-order valence-corrected chi connectivity index (χ1v) is 12.8. The van der Waals surface area contributed by atoms with Gasteiger partial charge in [0.1, 0.15) is 12.6 Å². The second-order valence-electron chi connectivity index (χ2n) is 10.5. The van der Waals surface area contributed by atoms with Crippen LogP contribution in [0.25, 0.3) is 0 Å². The van der Waals surface area contributed by atoms with Gasteiger partial charge >= 0.3 is 0 Å². The zero-order chi connectivity index (χ0) is 24.7. The summed E-state index contributed by atoms with van der Waals surface area (Å²) < 4.78 is 6.24. The van der Waals surface area contributed by atoms with Crippen molar-refractivity contribution in [3.8, 4) is 0 Å². The summed E-state index contributed by atoms with van der Waals surface area (Å²) in [5.74, 6) is 0.743. The number of rotatable bonds is 8. The average molecular weight is 469 g/mol. The molecule has 1 fully saturated rings. The molecule has 3 aromatic carbocycles. The van der Waals surface area contributed by atoms with Crippen LogP contribution in [0.3, 0.4) is 0 Å². The normalized spacial score (nSPS) is 23.5. The minimum atomic E-state index is -0.868. The Labute approximate surface area is 209 Å². The Morgan fingerprint density at radius 1 is 0.829 bits per heavy atom. The summed E-state index contributed by atoms with van der Waals surface area (Å²) in [6.07, 6.45) is 1.32. The molecule has 2 aliphatic rings. The van der Waals surface area contributed by atoms with Crippen LogP contribution in [0, 0.1) is 0 Å². The maximum absolute atomic E-state index is 12.0. The minimum Gasteiger partial charge on any atom is -0.477 e. The standard InChI is InChI=1S/C31H36N2O2/c1-5-30(34,6-2)27-26(28-32-29(3,4)22-35-28)33(27)31(23-16-10-7-11-17-23,24-18-12-8-13-19-24)25-20-14-9-15-21-25/h7-21,26-27,34H,5-6,22H2,1-4H3. The molecule has 0 amide bonds. The molecular formula is C31H36N2O2. The molecular weight excluding hydrogens is 432 g/mol. The number of aliphatic hydroxyl groups is 1. The van der Waals surface area contributed by atoms with Crippen LogP contribution in [0.4, 0.5) is 0 Å². The van der Waals surface area contributed by atoms with Crippen molar-refractivity contribution < 1.29 is 9.84 Å². The molecule has 2 aliphatic heterocycles. The molecule has 4 heteroatoms. The van der Waals surface area contributed by atoms with Crippen molar-refractivity contribution in [2.75, 3.05) is 6.61 Å². The quantitative estimate of drug-likeness (QED) is 0.336. The lowest BCUT2D eigenvalue weighted by Crippen LogP contribution is -2.44. The highest BCUT2D eigenvalue weighted by Crippen LogP contribution is 2.56. The van der Waals surface area contributed by atoms with Crippen LogP contribution in [0.15, 0.2) is 96.0 Å². The highest BCUT2D eigenvalue weighted by atomic mass is 16.5. The van der Waals surface area contributed by atoms with E-state index in [0.717, 1.165) is 22.6 Å². The van der Waals surface area contributed by atoms with E-state index in [4.69, 9.17) is 9.73 Å². The Kier molecular flexibility index (Phi) is 6.06. The lowest BCUT2D eigenvalue weighted by molar-refractivity contribution is 0.0115. The largest absolute Gasteiger partial charge is 0.477 e. The molecule has 2 heterocycles. The lowest BCUT2D eigenvalue weighted by atomic mass is 9.76. The van der Waals surface area contributed by atoms with Crippen LogP contribution < -0.4 is 0 Å². The van der Waals surface area contributed by atoms with Crippen molar-refractivity contribution in [1.82, 2.24) is 4.90 Å². The van der Waals surface area contributed by atoms with Gasteiger partial charge in [-0.05, 0) is 43.4 Å². The number of benzene rings is 3. The number of ether oxygens (including phenoxy) is 1. The predicted molar refractivity (Wildman–Crippen MR) is 142 cm³/mol. The van der Waals surface area contributed by atoms with Crippen molar-refractivity contribution in [3.63, 3.8) is 0 Å². The number of nitrogens with zero attached hydrogens (tertiary/aromatic N) is 2. The fourth-order valence-electron chi connectivity index (χ4n) is 5.87. The smallest absolute Gasteiger partial charge is 0.203 e. The maximum atomic E-state index is 12.0. The van der Waals surface area contributed by atoms with Crippen LogP contribution in [0.2, 0.25) is 0 Å². The second kappa shape index (κ2) is 8.92. The van der Waals surface area contributed by atoms with E-state index in [0.29, 0.717) is 19.4 Å². The van der Waals surface area contributed by atoms with E-state index in [9.17, 15) is 5.11 Å². The van der Waals surface area contributed by atoms with Crippen LogP contribution >= 0.6 is 0 Å². The number of aliphatic imine (C=N–C) groups is 1. The van der Waals surface area contributed by atoms with Crippen molar-refractivity contribution in [2.45, 2.75) is 69.3 Å². The van der Waals surface area contributed by atoms with E-state index in [-0.39, 0.29) is 17.6 Å². The number of hydrogen-bond donors (Lipinski definition) is 1. The molecule has 3 unspecified atom stereocenters. The first-order valence-electron chi connectivity index (χ1n) is 12.8. The van der Waals surface area contributed by atoms with Gasteiger partial charge in [-0.15, -0.1) is 0 Å². The highest BCUT2D eigenvalue weighted by Gasteiger charge is 2.69. The second-order valence-corrected chi connectivity index (χ2v) is 10.5. The van der Waals surface area contributed by atoms with Crippen molar-refractivity contribution in [1.29, 1.82) is 0 Å². The summed E-state index contributed by atoms with van der Waals surface area (Å²) in [5, 5.41) is 12.0. The lowest BCUT2D eigenvalue weighted by Gasteiger charge is -2.40. The molecule has 4 nitrogen and oxygen atoms in total. The summed E-state index contributed by atoms with van der Waals surface area (Å²) in [4.78, 5) is 7.46. The van der Waals surface area contributed by atoms with Gasteiger partial charge in [-0.3, -0.25) is 4.90 Å². The molecule has 0 radical (unpaired) electrons. The Morgan fingerprint density at radius 2 is 1.26 bits per heavy atom. The van der Waals surface area contributed by atoms with Gasteiger partial charge in [-0.2, -0.15) is 0 Å². The number of hydrogen-bond acceptors (Lipinski definition) is 4. The molecule has 1 N–H and O–H groups in total. The molecule has 3 atom stereocenters. The summed E-state index contributed by atoms with van der Waals surface area (Å²) in [7, 11) is 0. The molecule has 0 spiro atoms. The molecule has 1 saturated heterocycles. The van der Waals surface area contributed by atoms with E-state index in [2.05, 4.69) is 124 Å². The predicted octanol–water partition coefficient (Wildman–Crippen LogP) is 5.79. The van der Waals surface area contributed by atoms with Gasteiger partial charge in [0.2, 0.25) is 5.90 Å². The molecule has 3 aromatic rings. The van der Waals surface area contributed by atoms with Crippen molar-refractivity contribution in [2.24, 2.45) is 4.99 Å². The fraction of sp³-hybridized carbons (Fsp3) is 0.387. The third-order valence-corrected chi connectivity index (χ3v) is 7.78. The first-order chi connectivity index (χ1) is 16.9. The van der Waals surface area contributed by atoms with Crippen LogP contribution in [0.5, 0.6) is 0 Å². The van der Waals surface area contributed by atoms with Gasteiger partial charge in [-0.1, -0.05) is 105 Å². The Balaban J connectivity index is 1.80. The van der Waals surface area contributed by atoms with E-state index >= 15 is 0 Å². The van der Waals surface area contributed by atoms with Crippen molar-refractivity contribution >= 4 is 5.90 Å². The third-order valence-electron chi connectivity index (χ3n) is 7.78. The minimum absolute atomic E-state index is 0.123. The Bertz CT molecular complexity index is 1070. The molecule has 0 aliphatic carbocycles. The van der Waals surface area contributed by atoms with E-state index in [1.54, 1.807) is 0 Å². The molecule has 0 aromatic heterocycles. The molecule has 0 bridgehead atoms. The summed E-state index contributed by atoms with van der Waals surface area (Å²) in [5.41, 5.74) is 1.75. The maximum Gasteiger partial charge on any atom is 0.203 e. The molecule has 0 saturated carbocycles. The zero-order valence-electron chi connectivity index (χ0n) is 21.2. The van der Waals surface area contributed by atoms with Crippen LogP contribution in [-0.4, -0.2) is 45.7 Å². The zero-order valence-corrected chi connectivity index (χ0v) is 21.2. The topological polar surface area (TPSA) is 44.8 Å². The summed E-state index contributed by atoms with van der Waals surface area (Å²) in [6.45, 7) is 8.92. The summed E-state index contributed by atoms with van der Waals surface area (Å²) >= 11 is 0. The van der Waals surface area contributed by atoms with Crippen molar-refractivity contribution in [3.05, 3.63) is 108 Å². The van der Waals surface area contributed by atoms with Crippen LogP contribution in [-0.2, 0) is 10.3 Å².